The molecule has 0 amide bonds. The highest BCUT2D eigenvalue weighted by atomic mass is 14.0. The van der Waals surface area contributed by atoms with Crippen molar-refractivity contribution < 1.29 is 0 Å². The van der Waals surface area contributed by atoms with E-state index < -0.39 is 0 Å². The Bertz CT molecular complexity index is 196. The van der Waals surface area contributed by atoms with Crippen LogP contribution in [0.5, 0.6) is 0 Å². The van der Waals surface area contributed by atoms with Crippen molar-refractivity contribution in [1.29, 1.82) is 0 Å². The number of rotatable bonds is 6. The summed E-state index contributed by atoms with van der Waals surface area (Å²) in [6.07, 6.45) is 9.61. The van der Waals surface area contributed by atoms with Crippen LogP contribution in [0.2, 0.25) is 0 Å². The lowest BCUT2D eigenvalue weighted by atomic mass is 9.99. The number of hydrogen-bond donors (Lipinski definition) is 0. The zero-order valence-corrected chi connectivity index (χ0v) is 10.6. The van der Waals surface area contributed by atoms with Gasteiger partial charge < -0.3 is 0 Å². The molecule has 0 heterocycles. The maximum absolute atomic E-state index is 2.37. The van der Waals surface area contributed by atoms with Gasteiger partial charge in [0.2, 0.25) is 0 Å². The Kier molecular flexibility index (Phi) is 7.55. The monoisotopic (exact) mass is 194 g/mol. The summed E-state index contributed by atoms with van der Waals surface area (Å²) in [4.78, 5) is 0. The lowest BCUT2D eigenvalue weighted by Gasteiger charge is -2.08. The third-order valence-electron chi connectivity index (χ3n) is 2.99. The van der Waals surface area contributed by atoms with E-state index in [4.69, 9.17) is 0 Å². The van der Waals surface area contributed by atoms with E-state index in [0.717, 1.165) is 12.3 Å². The maximum atomic E-state index is 2.37. The summed E-state index contributed by atoms with van der Waals surface area (Å²) in [7, 11) is 0. The van der Waals surface area contributed by atoms with Crippen LogP contribution in [0.4, 0.5) is 0 Å². The highest BCUT2D eigenvalue weighted by Gasteiger charge is 1.98. The van der Waals surface area contributed by atoms with Crippen LogP contribution in [0.15, 0.2) is 23.3 Å². The Morgan fingerprint density at radius 3 is 2.36 bits per heavy atom. The molecule has 14 heavy (non-hydrogen) atoms. The molecule has 0 heteroatoms. The Hall–Kier alpha value is -0.520. The molecule has 0 aromatic rings. The Balaban J connectivity index is 3.78. The predicted octanol–water partition coefficient (Wildman–Crippen LogP) is 5.12. The van der Waals surface area contributed by atoms with Crippen molar-refractivity contribution in [3.8, 4) is 0 Å². The van der Waals surface area contributed by atoms with E-state index in [1.807, 2.05) is 0 Å². The fraction of sp³-hybridized carbons (Fsp3) is 0.714. The summed E-state index contributed by atoms with van der Waals surface area (Å²) >= 11 is 0. The van der Waals surface area contributed by atoms with E-state index in [1.165, 1.54) is 24.8 Å². The first-order chi connectivity index (χ1) is 6.60. The third kappa shape index (κ3) is 6.94. The summed E-state index contributed by atoms with van der Waals surface area (Å²) in [5.74, 6) is 0.876. The third-order valence-corrected chi connectivity index (χ3v) is 2.99. The van der Waals surface area contributed by atoms with Gasteiger partial charge in [0.25, 0.3) is 0 Å². The standard InChI is InChI=1S/C14H26/c1-6-12(3)8-10-14(5)11-9-13(4)7-2/h6,10,13H,7-9,11H2,1-5H3. The fourth-order valence-electron chi connectivity index (χ4n) is 1.23. The van der Waals surface area contributed by atoms with Gasteiger partial charge in [0.05, 0.1) is 0 Å². The SMILES string of the molecule is CC=C(C)CC=C(C)CCC(C)CC. The van der Waals surface area contributed by atoms with Crippen LogP contribution >= 0.6 is 0 Å². The molecule has 0 aliphatic carbocycles. The molecule has 0 bridgehead atoms. The largest absolute Gasteiger partial charge is 0.0884 e. The van der Waals surface area contributed by atoms with Crippen molar-refractivity contribution in [3.05, 3.63) is 23.3 Å². The van der Waals surface area contributed by atoms with Gasteiger partial charge in [0.1, 0.15) is 0 Å². The molecule has 0 aliphatic heterocycles. The van der Waals surface area contributed by atoms with Crippen LogP contribution in [0.3, 0.4) is 0 Å². The van der Waals surface area contributed by atoms with Gasteiger partial charge in [0.15, 0.2) is 0 Å². The van der Waals surface area contributed by atoms with Crippen molar-refractivity contribution in [1.82, 2.24) is 0 Å². The molecule has 0 rings (SSSR count). The van der Waals surface area contributed by atoms with Gasteiger partial charge >= 0.3 is 0 Å². The minimum Gasteiger partial charge on any atom is -0.0884 e. The van der Waals surface area contributed by atoms with Gasteiger partial charge in [-0.05, 0) is 46.0 Å². The number of hydrogen-bond acceptors (Lipinski definition) is 0. The Morgan fingerprint density at radius 1 is 1.21 bits per heavy atom. The van der Waals surface area contributed by atoms with Crippen LogP contribution < -0.4 is 0 Å². The van der Waals surface area contributed by atoms with E-state index in [0.29, 0.717) is 0 Å². The van der Waals surface area contributed by atoms with Crippen molar-refractivity contribution >= 4 is 0 Å². The summed E-state index contributed by atoms with van der Waals surface area (Å²) in [5, 5.41) is 0. The molecule has 0 aromatic carbocycles. The first kappa shape index (κ1) is 13.5. The van der Waals surface area contributed by atoms with Crippen LogP contribution in [-0.2, 0) is 0 Å². The Labute approximate surface area is 90.1 Å². The van der Waals surface area contributed by atoms with Crippen LogP contribution in [0.25, 0.3) is 0 Å². The van der Waals surface area contributed by atoms with E-state index in [-0.39, 0.29) is 0 Å². The van der Waals surface area contributed by atoms with Crippen LogP contribution in [-0.4, -0.2) is 0 Å². The molecule has 0 nitrogen and oxygen atoms in total. The molecular weight excluding hydrogens is 168 g/mol. The molecular formula is C14H26. The van der Waals surface area contributed by atoms with Gasteiger partial charge in [-0.1, -0.05) is 43.6 Å². The van der Waals surface area contributed by atoms with Crippen molar-refractivity contribution in [2.24, 2.45) is 5.92 Å². The molecule has 0 radical (unpaired) electrons. The molecule has 0 fully saturated rings. The molecule has 82 valence electrons. The van der Waals surface area contributed by atoms with Gasteiger partial charge in [-0.3, -0.25) is 0 Å². The smallest absolute Gasteiger partial charge is 0.0139 e. The van der Waals surface area contributed by atoms with E-state index in [9.17, 15) is 0 Å². The zero-order chi connectivity index (χ0) is 11.0. The molecule has 0 aromatic heterocycles. The first-order valence-corrected chi connectivity index (χ1v) is 5.87. The predicted molar refractivity (Wildman–Crippen MR) is 66.5 cm³/mol. The van der Waals surface area contributed by atoms with E-state index >= 15 is 0 Å². The summed E-state index contributed by atoms with van der Waals surface area (Å²) in [6, 6.07) is 0. The van der Waals surface area contributed by atoms with Gasteiger partial charge in [-0.15, -0.1) is 0 Å². The highest BCUT2D eigenvalue weighted by Crippen LogP contribution is 2.15. The minimum atomic E-state index is 0.876. The quantitative estimate of drug-likeness (QED) is 0.515. The fourth-order valence-corrected chi connectivity index (χ4v) is 1.23. The lowest BCUT2D eigenvalue weighted by Crippen LogP contribution is -1.92. The first-order valence-electron chi connectivity index (χ1n) is 5.87. The normalized spacial score (nSPS) is 15.8. The van der Waals surface area contributed by atoms with Gasteiger partial charge in [0, 0.05) is 0 Å². The van der Waals surface area contributed by atoms with Gasteiger partial charge in [-0.25, -0.2) is 0 Å². The van der Waals surface area contributed by atoms with Crippen LogP contribution in [0.1, 0.15) is 60.3 Å². The van der Waals surface area contributed by atoms with Crippen molar-refractivity contribution in [2.45, 2.75) is 60.3 Å². The maximum Gasteiger partial charge on any atom is -0.0139 e. The second-order valence-corrected chi connectivity index (χ2v) is 4.44. The topological polar surface area (TPSA) is 0 Å². The molecule has 1 atom stereocenters. The van der Waals surface area contributed by atoms with Crippen molar-refractivity contribution in [3.63, 3.8) is 0 Å². The highest BCUT2D eigenvalue weighted by molar-refractivity contribution is 5.08. The van der Waals surface area contributed by atoms with Crippen LogP contribution in [0, 0.1) is 5.92 Å². The van der Waals surface area contributed by atoms with Crippen molar-refractivity contribution in [2.75, 3.05) is 0 Å². The number of allylic oxidation sites excluding steroid dienone is 4. The zero-order valence-electron chi connectivity index (χ0n) is 10.6. The molecule has 1 unspecified atom stereocenters. The molecule has 0 N–H and O–H groups in total. The van der Waals surface area contributed by atoms with E-state index in [1.54, 1.807) is 5.57 Å². The minimum absolute atomic E-state index is 0.876. The second kappa shape index (κ2) is 7.84. The summed E-state index contributed by atoms with van der Waals surface area (Å²) < 4.78 is 0. The van der Waals surface area contributed by atoms with E-state index in [2.05, 4.69) is 46.8 Å². The average Bonchev–Trinajstić information content (AvgIpc) is 2.22. The molecule has 0 saturated heterocycles. The average molecular weight is 194 g/mol. The summed E-state index contributed by atoms with van der Waals surface area (Å²) in [5.41, 5.74) is 3.01. The molecule has 0 aliphatic rings. The molecule has 0 saturated carbocycles. The summed E-state index contributed by atoms with van der Waals surface area (Å²) in [6.45, 7) is 11.2. The van der Waals surface area contributed by atoms with Gasteiger partial charge in [-0.2, -0.15) is 0 Å². The Morgan fingerprint density at radius 2 is 1.86 bits per heavy atom. The molecule has 0 spiro atoms. The second-order valence-electron chi connectivity index (χ2n) is 4.44. The lowest BCUT2D eigenvalue weighted by molar-refractivity contribution is 0.515.